The SMILES string of the molecule is Nc1ccccc1C(NC1CCN(Cc2ccccc2)C1)c1ccccc1. The third kappa shape index (κ3) is 4.38. The van der Waals surface area contributed by atoms with Gasteiger partial charge in [0.05, 0.1) is 6.04 Å². The molecule has 4 rings (SSSR count). The Morgan fingerprint density at radius 2 is 1.56 bits per heavy atom. The van der Waals surface area contributed by atoms with E-state index in [0.29, 0.717) is 6.04 Å². The number of rotatable bonds is 6. The minimum absolute atomic E-state index is 0.120. The van der Waals surface area contributed by atoms with Gasteiger partial charge in [0.25, 0.3) is 0 Å². The summed E-state index contributed by atoms with van der Waals surface area (Å²) in [5.74, 6) is 0. The molecule has 0 bridgehead atoms. The highest BCUT2D eigenvalue weighted by Gasteiger charge is 2.26. The number of nitrogens with two attached hydrogens (primary N) is 1. The third-order valence-corrected chi connectivity index (χ3v) is 5.36. The van der Waals surface area contributed by atoms with E-state index in [1.807, 2.05) is 12.1 Å². The molecule has 1 saturated heterocycles. The molecule has 2 unspecified atom stereocenters. The first-order valence-electron chi connectivity index (χ1n) is 9.71. The Hall–Kier alpha value is -2.62. The van der Waals surface area contributed by atoms with Crippen LogP contribution in [0.4, 0.5) is 5.69 Å². The second kappa shape index (κ2) is 8.38. The summed E-state index contributed by atoms with van der Waals surface area (Å²) in [6.45, 7) is 3.20. The van der Waals surface area contributed by atoms with Crippen LogP contribution >= 0.6 is 0 Å². The van der Waals surface area contributed by atoms with Crippen LogP contribution < -0.4 is 11.1 Å². The van der Waals surface area contributed by atoms with Crippen LogP contribution in [0, 0.1) is 0 Å². The van der Waals surface area contributed by atoms with Crippen molar-refractivity contribution in [1.29, 1.82) is 0 Å². The van der Waals surface area contributed by atoms with Crippen LogP contribution in [-0.4, -0.2) is 24.0 Å². The number of likely N-dealkylation sites (tertiary alicyclic amines) is 1. The second-order valence-electron chi connectivity index (χ2n) is 7.35. The largest absolute Gasteiger partial charge is 0.398 e. The number of benzene rings is 3. The van der Waals surface area contributed by atoms with Crippen LogP contribution in [0.1, 0.15) is 29.2 Å². The molecule has 3 heteroatoms. The van der Waals surface area contributed by atoms with E-state index in [-0.39, 0.29) is 6.04 Å². The third-order valence-electron chi connectivity index (χ3n) is 5.36. The highest BCUT2D eigenvalue weighted by atomic mass is 15.2. The summed E-state index contributed by atoms with van der Waals surface area (Å²) in [7, 11) is 0. The van der Waals surface area contributed by atoms with Gasteiger partial charge in [0.1, 0.15) is 0 Å². The molecule has 0 radical (unpaired) electrons. The predicted octanol–water partition coefficient (Wildman–Crippen LogP) is 4.22. The molecule has 0 saturated carbocycles. The molecule has 2 atom stereocenters. The molecule has 1 aliphatic heterocycles. The molecule has 0 aliphatic carbocycles. The summed E-state index contributed by atoms with van der Waals surface area (Å²) in [4.78, 5) is 2.53. The molecule has 138 valence electrons. The van der Waals surface area contributed by atoms with Crippen molar-refractivity contribution in [3.63, 3.8) is 0 Å². The Morgan fingerprint density at radius 1 is 0.889 bits per heavy atom. The van der Waals surface area contributed by atoms with Crippen LogP contribution in [0.2, 0.25) is 0 Å². The van der Waals surface area contributed by atoms with Crippen molar-refractivity contribution in [2.75, 3.05) is 18.8 Å². The molecular formula is C24H27N3. The zero-order valence-electron chi connectivity index (χ0n) is 15.6. The number of hydrogen-bond donors (Lipinski definition) is 2. The van der Waals surface area contributed by atoms with E-state index in [9.17, 15) is 0 Å². The molecule has 3 N–H and O–H groups in total. The highest BCUT2D eigenvalue weighted by Crippen LogP contribution is 2.28. The Kier molecular flexibility index (Phi) is 5.52. The van der Waals surface area contributed by atoms with Gasteiger partial charge in [-0.25, -0.2) is 0 Å². The van der Waals surface area contributed by atoms with Gasteiger partial charge in [-0.1, -0.05) is 78.9 Å². The normalized spacial score (nSPS) is 18.4. The Balaban J connectivity index is 1.49. The minimum atomic E-state index is 0.120. The number of anilines is 1. The standard InChI is InChI=1S/C24H27N3/c25-23-14-8-7-13-22(23)24(20-11-5-2-6-12-20)26-21-15-16-27(18-21)17-19-9-3-1-4-10-19/h1-14,21,24,26H,15-18,25H2. The fraction of sp³-hybridized carbons (Fsp3) is 0.250. The average molecular weight is 358 g/mol. The topological polar surface area (TPSA) is 41.3 Å². The van der Waals surface area contributed by atoms with Gasteiger partial charge < -0.3 is 11.1 Å². The number of nitrogen functional groups attached to an aromatic ring is 1. The average Bonchev–Trinajstić information content (AvgIpc) is 3.15. The van der Waals surface area contributed by atoms with Crippen molar-refractivity contribution < 1.29 is 0 Å². The van der Waals surface area contributed by atoms with Crippen LogP contribution in [0.3, 0.4) is 0 Å². The summed E-state index contributed by atoms with van der Waals surface area (Å²) < 4.78 is 0. The first-order valence-corrected chi connectivity index (χ1v) is 9.71. The smallest absolute Gasteiger partial charge is 0.0599 e. The maximum absolute atomic E-state index is 6.31. The summed E-state index contributed by atoms with van der Waals surface area (Å²) in [6, 6.07) is 30.1. The number of nitrogens with one attached hydrogen (secondary N) is 1. The maximum Gasteiger partial charge on any atom is 0.0599 e. The van der Waals surface area contributed by atoms with Gasteiger partial charge in [-0.3, -0.25) is 4.90 Å². The Morgan fingerprint density at radius 3 is 2.30 bits per heavy atom. The van der Waals surface area contributed by atoms with Gasteiger partial charge >= 0.3 is 0 Å². The lowest BCUT2D eigenvalue weighted by molar-refractivity contribution is 0.317. The molecule has 3 nitrogen and oxygen atoms in total. The molecule has 0 spiro atoms. The van der Waals surface area contributed by atoms with E-state index in [1.54, 1.807) is 0 Å². The van der Waals surface area contributed by atoms with Crippen molar-refractivity contribution in [3.05, 3.63) is 102 Å². The van der Waals surface area contributed by atoms with Gasteiger partial charge in [0.15, 0.2) is 0 Å². The first-order chi connectivity index (χ1) is 13.3. The van der Waals surface area contributed by atoms with Crippen molar-refractivity contribution >= 4 is 5.69 Å². The molecule has 3 aromatic rings. The summed E-state index contributed by atoms with van der Waals surface area (Å²) >= 11 is 0. The van der Waals surface area contributed by atoms with E-state index in [4.69, 9.17) is 5.73 Å². The van der Waals surface area contributed by atoms with Gasteiger partial charge in [0, 0.05) is 31.4 Å². The summed E-state index contributed by atoms with van der Waals surface area (Å²) in [5.41, 5.74) is 11.0. The van der Waals surface area contributed by atoms with Gasteiger partial charge in [-0.15, -0.1) is 0 Å². The second-order valence-corrected chi connectivity index (χ2v) is 7.35. The molecular weight excluding hydrogens is 330 g/mol. The first kappa shape index (κ1) is 17.8. The molecule has 1 heterocycles. The van der Waals surface area contributed by atoms with Crippen molar-refractivity contribution in [2.24, 2.45) is 0 Å². The van der Waals surface area contributed by atoms with Crippen molar-refractivity contribution in [2.45, 2.75) is 25.0 Å². The van der Waals surface area contributed by atoms with E-state index >= 15 is 0 Å². The van der Waals surface area contributed by atoms with Crippen molar-refractivity contribution in [3.8, 4) is 0 Å². The lowest BCUT2D eigenvalue weighted by Gasteiger charge is -2.25. The molecule has 0 aromatic heterocycles. The van der Waals surface area contributed by atoms with Gasteiger partial charge in [-0.05, 0) is 29.2 Å². The molecule has 1 aliphatic rings. The van der Waals surface area contributed by atoms with Crippen molar-refractivity contribution in [1.82, 2.24) is 10.2 Å². The lowest BCUT2D eigenvalue weighted by Crippen LogP contribution is -2.36. The summed E-state index contributed by atoms with van der Waals surface area (Å²) in [6.07, 6.45) is 1.16. The van der Waals surface area contributed by atoms with Crippen LogP contribution in [0.25, 0.3) is 0 Å². The van der Waals surface area contributed by atoms with Crippen LogP contribution in [0.15, 0.2) is 84.9 Å². The Bertz CT molecular complexity index is 848. The zero-order valence-corrected chi connectivity index (χ0v) is 15.6. The highest BCUT2D eigenvalue weighted by molar-refractivity contribution is 5.51. The van der Waals surface area contributed by atoms with E-state index in [0.717, 1.165) is 37.3 Å². The van der Waals surface area contributed by atoms with Gasteiger partial charge in [0.2, 0.25) is 0 Å². The number of nitrogens with zero attached hydrogens (tertiary/aromatic N) is 1. The quantitative estimate of drug-likeness (QED) is 0.649. The summed E-state index contributed by atoms with van der Waals surface area (Å²) in [5, 5.41) is 3.88. The van der Waals surface area contributed by atoms with E-state index in [1.165, 1.54) is 11.1 Å². The Labute approximate surface area is 161 Å². The van der Waals surface area contributed by atoms with E-state index in [2.05, 4.69) is 83.0 Å². The molecule has 27 heavy (non-hydrogen) atoms. The molecule has 3 aromatic carbocycles. The molecule has 0 amide bonds. The number of hydrogen-bond acceptors (Lipinski definition) is 3. The fourth-order valence-electron chi connectivity index (χ4n) is 3.97. The maximum atomic E-state index is 6.31. The molecule has 1 fully saturated rings. The van der Waals surface area contributed by atoms with Crippen LogP contribution in [0.5, 0.6) is 0 Å². The van der Waals surface area contributed by atoms with Gasteiger partial charge in [-0.2, -0.15) is 0 Å². The number of para-hydroxylation sites is 1. The fourth-order valence-corrected chi connectivity index (χ4v) is 3.97. The zero-order chi connectivity index (χ0) is 18.5. The predicted molar refractivity (Wildman–Crippen MR) is 112 cm³/mol. The van der Waals surface area contributed by atoms with Crippen LogP contribution in [-0.2, 0) is 6.54 Å². The lowest BCUT2D eigenvalue weighted by atomic mass is 9.96. The minimum Gasteiger partial charge on any atom is -0.398 e. The monoisotopic (exact) mass is 357 g/mol. The van der Waals surface area contributed by atoms with E-state index < -0.39 is 0 Å².